The number of amides is 1. The van der Waals surface area contributed by atoms with Gasteiger partial charge in [-0.25, -0.2) is 0 Å². The third-order valence-electron chi connectivity index (χ3n) is 3.51. The lowest BCUT2D eigenvalue weighted by atomic mass is 10.1. The minimum Gasteiger partial charge on any atom is -0.383 e. The van der Waals surface area contributed by atoms with Crippen molar-refractivity contribution < 1.29 is 19.1 Å². The van der Waals surface area contributed by atoms with Gasteiger partial charge in [0.15, 0.2) is 0 Å². The number of carbonyl (C=O) groups excluding carboxylic acids is 2. The van der Waals surface area contributed by atoms with Gasteiger partial charge >= 0.3 is 0 Å². The zero-order chi connectivity index (χ0) is 15.4. The van der Waals surface area contributed by atoms with Crippen molar-refractivity contribution in [3.05, 3.63) is 23.8 Å². The lowest BCUT2D eigenvalue weighted by molar-refractivity contribution is -0.112. The van der Waals surface area contributed by atoms with Gasteiger partial charge in [0.2, 0.25) is 0 Å². The van der Waals surface area contributed by atoms with E-state index in [1.165, 1.54) is 0 Å². The van der Waals surface area contributed by atoms with Gasteiger partial charge in [-0.1, -0.05) is 0 Å². The number of hydrogen-bond donors (Lipinski definition) is 1. The van der Waals surface area contributed by atoms with E-state index >= 15 is 0 Å². The van der Waals surface area contributed by atoms with Crippen LogP contribution < -0.4 is 10.2 Å². The fourth-order valence-corrected chi connectivity index (χ4v) is 2.44. The Kier molecular flexibility index (Phi) is 4.93. The first kappa shape index (κ1) is 15.5. The highest BCUT2D eigenvalue weighted by Gasteiger charge is 2.28. The number of fused-ring (bicyclic) bond motifs is 1. The smallest absolute Gasteiger partial charge is 0.296 e. The molecule has 1 aromatic carbocycles. The fraction of sp³-hybridized carbons (Fsp3) is 0.467. The number of hydrogen-bond acceptors (Lipinski definition) is 5. The Labute approximate surface area is 124 Å². The van der Waals surface area contributed by atoms with Gasteiger partial charge in [0.05, 0.1) is 24.5 Å². The Hall–Kier alpha value is -1.92. The number of Topliss-reactive ketones (excluding diaryl/α,β-unsaturated/α-hetero) is 1. The molecule has 1 unspecified atom stereocenters. The average molecular weight is 292 g/mol. The molecular weight excluding hydrogens is 272 g/mol. The summed E-state index contributed by atoms with van der Waals surface area (Å²) in [6.45, 7) is 3.90. The molecule has 1 aromatic rings. The largest absolute Gasteiger partial charge is 0.383 e. The number of rotatable bonds is 7. The van der Waals surface area contributed by atoms with Gasteiger partial charge in [0.25, 0.3) is 11.7 Å². The van der Waals surface area contributed by atoms with Crippen LogP contribution in [0, 0.1) is 0 Å². The molecule has 21 heavy (non-hydrogen) atoms. The molecule has 6 heteroatoms. The van der Waals surface area contributed by atoms with Crippen molar-refractivity contribution in [1.82, 2.24) is 0 Å². The first-order valence-corrected chi connectivity index (χ1v) is 6.82. The second-order valence-electron chi connectivity index (χ2n) is 5.00. The summed E-state index contributed by atoms with van der Waals surface area (Å²) in [5.74, 6) is -1.06. The number of ketones is 1. The van der Waals surface area contributed by atoms with Crippen LogP contribution in [0.2, 0.25) is 0 Å². The van der Waals surface area contributed by atoms with Crippen LogP contribution in [0.25, 0.3) is 0 Å². The van der Waals surface area contributed by atoms with E-state index in [0.717, 1.165) is 5.69 Å². The number of methoxy groups -OCH3 is 2. The molecule has 1 heterocycles. The molecule has 1 aliphatic heterocycles. The Balaban J connectivity index is 2.26. The number of ether oxygens (including phenoxy) is 2. The molecule has 0 bridgehead atoms. The lowest BCUT2D eigenvalue weighted by Crippen LogP contribution is -2.38. The lowest BCUT2D eigenvalue weighted by Gasteiger charge is -2.31. The molecule has 1 amide bonds. The maximum absolute atomic E-state index is 11.6. The molecule has 0 saturated heterocycles. The van der Waals surface area contributed by atoms with E-state index in [2.05, 4.69) is 17.1 Å². The van der Waals surface area contributed by atoms with E-state index in [4.69, 9.17) is 9.47 Å². The Morgan fingerprint density at radius 2 is 2.00 bits per heavy atom. The number of nitrogens with one attached hydrogen (secondary N) is 1. The quantitative estimate of drug-likeness (QED) is 0.767. The number of carbonyl (C=O) groups is 2. The van der Waals surface area contributed by atoms with Crippen LogP contribution in [0.5, 0.6) is 0 Å². The third-order valence-corrected chi connectivity index (χ3v) is 3.51. The van der Waals surface area contributed by atoms with Crippen molar-refractivity contribution in [2.24, 2.45) is 0 Å². The van der Waals surface area contributed by atoms with Crippen LogP contribution in [0.4, 0.5) is 11.4 Å². The molecule has 1 atom stereocenters. The van der Waals surface area contributed by atoms with Gasteiger partial charge in [0.1, 0.15) is 0 Å². The molecule has 0 saturated carbocycles. The van der Waals surface area contributed by atoms with Gasteiger partial charge < -0.3 is 19.7 Å². The third kappa shape index (κ3) is 3.22. The van der Waals surface area contributed by atoms with Crippen LogP contribution in [-0.4, -0.2) is 51.7 Å². The summed E-state index contributed by atoms with van der Waals surface area (Å²) >= 11 is 0. The predicted octanol–water partition coefficient (Wildman–Crippen LogP) is 1.31. The molecule has 0 fully saturated rings. The van der Waals surface area contributed by atoms with Gasteiger partial charge in [-0.15, -0.1) is 0 Å². The molecule has 1 N–H and O–H groups in total. The maximum atomic E-state index is 11.6. The maximum Gasteiger partial charge on any atom is 0.296 e. The van der Waals surface area contributed by atoms with Crippen molar-refractivity contribution >= 4 is 23.1 Å². The van der Waals surface area contributed by atoms with E-state index in [-0.39, 0.29) is 6.04 Å². The summed E-state index contributed by atoms with van der Waals surface area (Å²) in [7, 11) is 3.31. The molecule has 0 aromatic heterocycles. The molecule has 2 rings (SSSR count). The molecule has 0 aliphatic carbocycles. The number of nitrogens with zero attached hydrogens (tertiary/aromatic N) is 1. The van der Waals surface area contributed by atoms with E-state index in [1.807, 2.05) is 12.1 Å². The molecule has 114 valence electrons. The Bertz CT molecular complexity index is 544. The summed E-state index contributed by atoms with van der Waals surface area (Å²) in [5.41, 5.74) is 1.91. The summed E-state index contributed by atoms with van der Waals surface area (Å²) in [6.07, 6.45) is 0. The second-order valence-corrected chi connectivity index (χ2v) is 5.00. The Morgan fingerprint density at radius 3 is 2.67 bits per heavy atom. The minimum absolute atomic E-state index is 0.149. The Morgan fingerprint density at radius 1 is 1.24 bits per heavy atom. The van der Waals surface area contributed by atoms with Crippen LogP contribution in [0.15, 0.2) is 18.2 Å². The number of anilines is 2. The first-order chi connectivity index (χ1) is 10.1. The van der Waals surface area contributed by atoms with Crippen LogP contribution in [0.3, 0.4) is 0 Å². The van der Waals surface area contributed by atoms with Crippen molar-refractivity contribution in [3.8, 4) is 0 Å². The normalized spacial score (nSPS) is 14.8. The van der Waals surface area contributed by atoms with E-state index in [1.54, 1.807) is 20.3 Å². The van der Waals surface area contributed by atoms with Crippen molar-refractivity contribution in [2.45, 2.75) is 13.0 Å². The van der Waals surface area contributed by atoms with Gasteiger partial charge in [-0.2, -0.15) is 0 Å². The molecule has 1 aliphatic rings. The van der Waals surface area contributed by atoms with Crippen molar-refractivity contribution in [1.29, 1.82) is 0 Å². The first-order valence-electron chi connectivity index (χ1n) is 6.82. The van der Waals surface area contributed by atoms with Crippen LogP contribution in [0.1, 0.15) is 17.3 Å². The fourth-order valence-electron chi connectivity index (χ4n) is 2.44. The van der Waals surface area contributed by atoms with Gasteiger partial charge in [-0.3, -0.25) is 9.59 Å². The summed E-state index contributed by atoms with van der Waals surface area (Å²) < 4.78 is 10.3. The predicted molar refractivity (Wildman–Crippen MR) is 80.0 cm³/mol. The molecule has 0 radical (unpaired) electrons. The van der Waals surface area contributed by atoms with Gasteiger partial charge in [-0.05, 0) is 25.1 Å². The highest BCUT2D eigenvalue weighted by molar-refractivity contribution is 6.51. The van der Waals surface area contributed by atoms with E-state index in [9.17, 15) is 9.59 Å². The highest BCUT2D eigenvalue weighted by atomic mass is 16.5. The molecule has 0 spiro atoms. The average Bonchev–Trinajstić information content (AvgIpc) is 2.74. The van der Waals surface area contributed by atoms with Crippen molar-refractivity contribution in [2.75, 3.05) is 44.2 Å². The minimum atomic E-state index is -0.574. The van der Waals surface area contributed by atoms with Gasteiger partial charge in [0, 0.05) is 32.5 Å². The topological polar surface area (TPSA) is 67.9 Å². The molecular formula is C15H20N2O4. The van der Waals surface area contributed by atoms with E-state index < -0.39 is 11.7 Å². The summed E-state index contributed by atoms with van der Waals surface area (Å²) in [4.78, 5) is 25.2. The van der Waals surface area contributed by atoms with Crippen LogP contribution in [-0.2, 0) is 14.3 Å². The second kappa shape index (κ2) is 6.69. The standard InChI is InChI=1S/C15H20N2O4/c1-10(9-21-3)17(6-7-20-2)11-4-5-12-13(8-11)16-15(19)14(12)18/h4-5,8,10H,6-7,9H2,1-3H3,(H,16,18,19). The van der Waals surface area contributed by atoms with E-state index in [0.29, 0.717) is 31.0 Å². The summed E-state index contributed by atoms with van der Waals surface area (Å²) in [6, 6.07) is 5.50. The number of benzene rings is 1. The monoisotopic (exact) mass is 292 g/mol. The van der Waals surface area contributed by atoms with Crippen molar-refractivity contribution in [3.63, 3.8) is 0 Å². The molecule has 6 nitrogen and oxygen atoms in total. The zero-order valence-corrected chi connectivity index (χ0v) is 12.5. The zero-order valence-electron chi connectivity index (χ0n) is 12.5. The van der Waals surface area contributed by atoms with Crippen LogP contribution >= 0.6 is 0 Å². The summed E-state index contributed by atoms with van der Waals surface area (Å²) in [5, 5.41) is 2.59. The highest BCUT2D eigenvalue weighted by Crippen LogP contribution is 2.29. The SMILES string of the molecule is COCCN(c1ccc2c(c1)NC(=O)C2=O)C(C)COC.